The summed E-state index contributed by atoms with van der Waals surface area (Å²) in [4.78, 5) is 18.3. The first kappa shape index (κ1) is 30.5. The van der Waals surface area contributed by atoms with Crippen molar-refractivity contribution in [2.45, 2.75) is 0 Å². The zero-order valence-electron chi connectivity index (χ0n) is 26.4. The summed E-state index contributed by atoms with van der Waals surface area (Å²) in [5.74, 6) is 0. The maximum Gasteiger partial charge on any atom is 0.0737 e. The fraction of sp³-hybridized carbons (Fsp3) is 0. The summed E-state index contributed by atoms with van der Waals surface area (Å²) >= 11 is 0. The molecular formula is C44H30N4Pd. The first-order chi connectivity index (χ1) is 23.8. The van der Waals surface area contributed by atoms with Gasteiger partial charge >= 0.3 is 0 Å². The number of hydrogen-bond acceptors (Lipinski definition) is 2. The zero-order valence-corrected chi connectivity index (χ0v) is 27.9. The van der Waals surface area contributed by atoms with E-state index in [1.165, 1.54) is 0 Å². The Morgan fingerprint density at radius 2 is 0.510 bits per heavy atom. The summed E-state index contributed by atoms with van der Waals surface area (Å²) in [6, 6.07) is 50.7. The van der Waals surface area contributed by atoms with Crippen LogP contribution >= 0.6 is 0 Å². The van der Waals surface area contributed by atoms with Crippen molar-refractivity contribution in [2.75, 3.05) is 0 Å². The molecule has 9 rings (SSSR count). The topological polar surface area (TPSA) is 57.4 Å². The third-order valence-corrected chi connectivity index (χ3v) is 9.00. The molecule has 4 aromatic carbocycles. The second-order valence-electron chi connectivity index (χ2n) is 12.0. The molecule has 2 aliphatic rings. The molecule has 7 aromatic rings. The van der Waals surface area contributed by atoms with Gasteiger partial charge in [0.05, 0.1) is 22.8 Å². The molecule has 2 aliphatic heterocycles. The van der Waals surface area contributed by atoms with Gasteiger partial charge in [0.2, 0.25) is 0 Å². The van der Waals surface area contributed by atoms with Gasteiger partial charge in [-0.3, -0.25) is 0 Å². The number of nitrogens with one attached hydrogen (secondary N) is 2. The molecule has 3 aromatic heterocycles. The molecule has 0 amide bonds. The number of H-pyrrole nitrogens is 2. The molecule has 5 heterocycles. The van der Waals surface area contributed by atoms with E-state index < -0.39 is 0 Å². The Morgan fingerprint density at radius 3 is 0.735 bits per heavy atom. The maximum absolute atomic E-state index is 5.35. The van der Waals surface area contributed by atoms with Crippen molar-refractivity contribution in [1.82, 2.24) is 19.9 Å². The summed E-state index contributed by atoms with van der Waals surface area (Å²) in [6.45, 7) is 0. The number of hydrogen-bond donors (Lipinski definition) is 2. The minimum Gasteiger partial charge on any atom is -0.354 e. The second-order valence-corrected chi connectivity index (χ2v) is 12.0. The van der Waals surface area contributed by atoms with Crippen LogP contribution in [0.1, 0.15) is 22.8 Å². The van der Waals surface area contributed by atoms with E-state index in [0.29, 0.717) is 0 Å². The van der Waals surface area contributed by atoms with Crippen LogP contribution in [0.3, 0.4) is 0 Å². The van der Waals surface area contributed by atoms with Gasteiger partial charge in [0.1, 0.15) is 0 Å². The van der Waals surface area contributed by atoms with Gasteiger partial charge in [-0.25, -0.2) is 9.97 Å². The molecule has 0 aliphatic carbocycles. The van der Waals surface area contributed by atoms with Crippen LogP contribution in [0.4, 0.5) is 0 Å². The van der Waals surface area contributed by atoms with E-state index in [2.05, 4.69) is 156 Å². The van der Waals surface area contributed by atoms with E-state index in [-0.39, 0.29) is 20.4 Å². The van der Waals surface area contributed by atoms with Gasteiger partial charge in [-0.2, -0.15) is 0 Å². The first-order valence-electron chi connectivity index (χ1n) is 16.2. The molecule has 0 saturated carbocycles. The fourth-order valence-electron chi connectivity index (χ4n) is 6.84. The first-order valence-corrected chi connectivity index (χ1v) is 16.2. The van der Waals surface area contributed by atoms with Crippen molar-refractivity contribution in [1.29, 1.82) is 0 Å². The number of aromatic nitrogens is 4. The van der Waals surface area contributed by atoms with Crippen LogP contribution in [0.2, 0.25) is 0 Å². The number of benzene rings is 4. The van der Waals surface area contributed by atoms with Gasteiger partial charge in [0, 0.05) is 64.7 Å². The molecule has 0 fully saturated rings. The van der Waals surface area contributed by atoms with Crippen molar-refractivity contribution in [3.05, 3.63) is 168 Å². The molecule has 2 N–H and O–H groups in total. The van der Waals surface area contributed by atoms with Gasteiger partial charge < -0.3 is 9.97 Å². The Hall–Kier alpha value is -5.86. The van der Waals surface area contributed by atoms with Gasteiger partial charge in [-0.1, -0.05) is 121 Å². The summed E-state index contributed by atoms with van der Waals surface area (Å²) in [7, 11) is 0. The Bertz CT molecular complexity index is 2180. The van der Waals surface area contributed by atoms with Crippen molar-refractivity contribution in [2.24, 2.45) is 0 Å². The molecule has 5 heteroatoms. The van der Waals surface area contributed by atoms with Gasteiger partial charge in [0.15, 0.2) is 0 Å². The summed E-state index contributed by atoms with van der Waals surface area (Å²) < 4.78 is 0. The van der Waals surface area contributed by atoms with Crippen molar-refractivity contribution in [3.63, 3.8) is 0 Å². The molecule has 49 heavy (non-hydrogen) atoms. The van der Waals surface area contributed by atoms with Gasteiger partial charge in [-0.15, -0.1) is 0 Å². The number of aromatic amines is 2. The molecule has 4 nitrogen and oxygen atoms in total. The number of rotatable bonds is 4. The predicted molar refractivity (Wildman–Crippen MR) is 201 cm³/mol. The Balaban J connectivity index is 0.00000348. The minimum atomic E-state index is 0. The Kier molecular flexibility index (Phi) is 8.07. The van der Waals surface area contributed by atoms with E-state index in [1.807, 2.05) is 24.3 Å². The molecule has 0 spiro atoms. The monoisotopic (exact) mass is 720 g/mol. The zero-order chi connectivity index (χ0) is 31.9. The number of nitrogens with zero attached hydrogens (tertiary/aromatic N) is 2. The fourth-order valence-corrected chi connectivity index (χ4v) is 6.84. The van der Waals surface area contributed by atoms with E-state index in [0.717, 1.165) is 89.4 Å². The minimum absolute atomic E-state index is 0. The standard InChI is InChI=1S/C44H30N4.Pd/c1-5-13-29(14-6-1)41-33-21-23-35(45-33)42(30-15-7-2-8-16-30)37-25-27-39(47-37)44(32-19-11-4-12-20-32)40-28-26-38(48-40)43(31-17-9-3-10-18-31)36-24-22-34(41)46-36;/h1-28,45,48H;. The molecule has 0 atom stereocenters. The van der Waals surface area contributed by atoms with E-state index >= 15 is 0 Å². The summed E-state index contributed by atoms with van der Waals surface area (Å²) in [5, 5.41) is 0. The van der Waals surface area contributed by atoms with Crippen LogP contribution in [0.15, 0.2) is 146 Å². The van der Waals surface area contributed by atoms with Crippen LogP contribution in [0.5, 0.6) is 0 Å². The maximum atomic E-state index is 5.35. The van der Waals surface area contributed by atoms with Crippen molar-refractivity contribution in [3.8, 4) is 44.5 Å². The second kappa shape index (κ2) is 13.0. The van der Waals surface area contributed by atoms with Crippen LogP contribution in [0.25, 0.3) is 90.9 Å². The largest absolute Gasteiger partial charge is 0.354 e. The van der Waals surface area contributed by atoms with E-state index in [4.69, 9.17) is 9.97 Å². The SMILES string of the molecule is C1=Cc2nc1c(-c1ccccc1)c1ccc([nH]1)c(-c1ccccc1)c1nc(c(-c3ccccc3)c3ccc([nH]3)c2-c2ccccc2)C=C1.[Pd]. The third-order valence-electron chi connectivity index (χ3n) is 9.00. The average Bonchev–Trinajstić information content (AvgIpc) is 3.98. The Morgan fingerprint density at radius 1 is 0.286 bits per heavy atom. The summed E-state index contributed by atoms with van der Waals surface area (Å²) in [5.41, 5.74) is 16.2. The predicted octanol–water partition coefficient (Wildman–Crippen LogP) is 11.3. The van der Waals surface area contributed by atoms with Crippen LogP contribution in [-0.2, 0) is 20.4 Å². The number of fused-ring (bicyclic) bond motifs is 8. The van der Waals surface area contributed by atoms with E-state index in [9.17, 15) is 0 Å². The quantitative estimate of drug-likeness (QED) is 0.178. The molecule has 0 unspecified atom stereocenters. The van der Waals surface area contributed by atoms with E-state index in [1.54, 1.807) is 0 Å². The molecule has 0 radical (unpaired) electrons. The van der Waals surface area contributed by atoms with Crippen LogP contribution < -0.4 is 0 Å². The van der Waals surface area contributed by atoms with Gasteiger partial charge in [0.25, 0.3) is 0 Å². The molecule has 8 bridgehead atoms. The smallest absolute Gasteiger partial charge is 0.0737 e. The summed E-state index contributed by atoms with van der Waals surface area (Å²) in [6.07, 6.45) is 8.54. The molecule has 0 saturated heterocycles. The average molecular weight is 721 g/mol. The van der Waals surface area contributed by atoms with Crippen molar-refractivity contribution >= 4 is 46.4 Å². The Labute approximate surface area is 298 Å². The van der Waals surface area contributed by atoms with Crippen LogP contribution in [-0.4, -0.2) is 19.9 Å². The molecular weight excluding hydrogens is 691 g/mol. The third kappa shape index (κ3) is 5.60. The van der Waals surface area contributed by atoms with Gasteiger partial charge in [-0.05, 0) is 70.8 Å². The molecule has 236 valence electrons. The van der Waals surface area contributed by atoms with Crippen LogP contribution in [0, 0.1) is 0 Å². The normalized spacial score (nSPS) is 11.8. The van der Waals surface area contributed by atoms with Crippen molar-refractivity contribution < 1.29 is 20.4 Å².